The fourth-order valence-corrected chi connectivity index (χ4v) is 2.62. The average molecular weight is 260 g/mol. The van der Waals surface area contributed by atoms with Gasteiger partial charge in [-0.25, -0.2) is 0 Å². The van der Waals surface area contributed by atoms with E-state index in [2.05, 4.69) is 23.1 Å². The number of carbonyl (C=O) groups is 1. The van der Waals surface area contributed by atoms with Gasteiger partial charge in [-0.3, -0.25) is 4.79 Å². The lowest BCUT2D eigenvalue weighted by Gasteiger charge is -2.26. The Balaban J connectivity index is 1.82. The Bertz CT molecular complexity index is 560. The molecule has 0 aromatic heterocycles. The van der Waals surface area contributed by atoms with Gasteiger partial charge in [-0.1, -0.05) is 12.1 Å². The number of allylic oxidation sites excluding steroid dienone is 3. The summed E-state index contributed by atoms with van der Waals surface area (Å²) in [5.74, 6) is 0. The number of fused-ring (bicyclic) bond motifs is 1. The summed E-state index contributed by atoms with van der Waals surface area (Å²) in [6.45, 7) is 2.04. The molecule has 0 atom stereocenters. The molecule has 2 aliphatic rings. The van der Waals surface area contributed by atoms with Crippen LogP contribution in [0.3, 0.4) is 0 Å². The van der Waals surface area contributed by atoms with Gasteiger partial charge in [-0.15, -0.1) is 0 Å². The third kappa shape index (κ3) is 2.08. The first-order chi connectivity index (χ1) is 8.74. The minimum absolute atomic E-state index is 0.372. The standard InChI is InChI=1S/C15H14ClNO/c16-15(18)13-5-4-11-6-8-17(14-2-1-3-14)9-7-12(11)10-13/h1-5,10H,6-9H2. The van der Waals surface area contributed by atoms with E-state index < -0.39 is 0 Å². The third-order valence-electron chi connectivity index (χ3n) is 3.63. The number of carbonyl (C=O) groups excluding carboxylic acids is 1. The van der Waals surface area contributed by atoms with Gasteiger partial charge in [-0.05, 0) is 59.9 Å². The van der Waals surface area contributed by atoms with Gasteiger partial charge in [0.05, 0.1) is 0 Å². The van der Waals surface area contributed by atoms with Gasteiger partial charge in [-0.2, -0.15) is 0 Å². The van der Waals surface area contributed by atoms with E-state index >= 15 is 0 Å². The van der Waals surface area contributed by atoms with Gasteiger partial charge in [0.1, 0.15) is 0 Å². The van der Waals surface area contributed by atoms with Gasteiger partial charge < -0.3 is 4.90 Å². The number of halogens is 1. The topological polar surface area (TPSA) is 20.3 Å². The van der Waals surface area contributed by atoms with Crippen LogP contribution >= 0.6 is 11.6 Å². The first-order valence-corrected chi connectivity index (χ1v) is 6.57. The van der Waals surface area contributed by atoms with Crippen molar-refractivity contribution in [2.24, 2.45) is 0 Å². The second-order valence-corrected chi connectivity index (χ2v) is 5.04. The van der Waals surface area contributed by atoms with Crippen molar-refractivity contribution in [3.63, 3.8) is 0 Å². The Morgan fingerprint density at radius 2 is 1.89 bits per heavy atom. The normalized spacial score (nSPS) is 17.6. The lowest BCUT2D eigenvalue weighted by Crippen LogP contribution is -2.26. The fourth-order valence-electron chi connectivity index (χ4n) is 2.50. The van der Waals surface area contributed by atoms with Crippen LogP contribution in [-0.4, -0.2) is 23.2 Å². The summed E-state index contributed by atoms with van der Waals surface area (Å²) in [6.07, 6.45) is 8.35. The van der Waals surface area contributed by atoms with E-state index in [9.17, 15) is 4.79 Å². The fraction of sp³-hybridized carbons (Fsp3) is 0.267. The lowest BCUT2D eigenvalue weighted by atomic mass is 10.0. The van der Waals surface area contributed by atoms with E-state index in [-0.39, 0.29) is 5.24 Å². The minimum Gasteiger partial charge on any atom is -0.371 e. The van der Waals surface area contributed by atoms with Crippen LogP contribution in [0, 0.1) is 0 Å². The van der Waals surface area contributed by atoms with Gasteiger partial charge >= 0.3 is 0 Å². The first-order valence-electron chi connectivity index (χ1n) is 6.19. The molecule has 0 spiro atoms. The van der Waals surface area contributed by atoms with E-state index in [1.807, 2.05) is 18.2 Å². The van der Waals surface area contributed by atoms with E-state index in [1.165, 1.54) is 16.8 Å². The van der Waals surface area contributed by atoms with Crippen LogP contribution in [-0.2, 0) is 12.8 Å². The third-order valence-corrected chi connectivity index (χ3v) is 3.85. The predicted molar refractivity (Wildman–Crippen MR) is 72.8 cm³/mol. The quantitative estimate of drug-likeness (QED) is 0.761. The number of hydrogen-bond donors (Lipinski definition) is 0. The molecule has 0 unspecified atom stereocenters. The lowest BCUT2D eigenvalue weighted by molar-refractivity contribution is 0.108. The highest BCUT2D eigenvalue weighted by atomic mass is 35.5. The molecule has 0 saturated heterocycles. The number of benzene rings is 1. The highest BCUT2D eigenvalue weighted by Gasteiger charge is 2.17. The molecular weight excluding hydrogens is 246 g/mol. The minimum atomic E-state index is -0.372. The Morgan fingerprint density at radius 1 is 1.17 bits per heavy atom. The molecule has 1 heterocycles. The monoisotopic (exact) mass is 259 g/mol. The summed E-state index contributed by atoms with van der Waals surface area (Å²) in [4.78, 5) is 13.6. The molecule has 0 bridgehead atoms. The zero-order valence-corrected chi connectivity index (χ0v) is 10.8. The van der Waals surface area contributed by atoms with Crippen molar-refractivity contribution in [2.45, 2.75) is 12.8 Å². The highest BCUT2D eigenvalue weighted by molar-refractivity contribution is 6.67. The smallest absolute Gasteiger partial charge is 0.252 e. The van der Waals surface area contributed by atoms with Crippen molar-refractivity contribution in [3.05, 3.63) is 58.8 Å². The molecule has 0 N–H and O–H groups in total. The maximum atomic E-state index is 11.2. The van der Waals surface area contributed by atoms with Crippen LogP contribution < -0.4 is 0 Å². The summed E-state index contributed by atoms with van der Waals surface area (Å²) in [5, 5.41) is -0.372. The van der Waals surface area contributed by atoms with Crippen molar-refractivity contribution in [3.8, 4) is 0 Å². The SMILES string of the molecule is O=C(Cl)c1ccc2c(c1)CCN(C1=CC=C1)CC2. The van der Waals surface area contributed by atoms with Crippen LogP contribution in [0.25, 0.3) is 0 Å². The molecule has 2 nitrogen and oxygen atoms in total. The zero-order chi connectivity index (χ0) is 12.5. The van der Waals surface area contributed by atoms with Gasteiger partial charge in [0.2, 0.25) is 0 Å². The maximum Gasteiger partial charge on any atom is 0.252 e. The zero-order valence-electron chi connectivity index (χ0n) is 10.0. The predicted octanol–water partition coefficient (Wildman–Crippen LogP) is 2.92. The first kappa shape index (κ1) is 11.5. The molecule has 0 radical (unpaired) electrons. The van der Waals surface area contributed by atoms with Crippen LogP contribution in [0.1, 0.15) is 21.5 Å². The Hall–Kier alpha value is -1.54. The van der Waals surface area contributed by atoms with Crippen LogP contribution in [0.15, 0.2) is 42.1 Å². The summed E-state index contributed by atoms with van der Waals surface area (Å²) in [7, 11) is 0. The molecule has 3 rings (SSSR count). The number of hydrogen-bond acceptors (Lipinski definition) is 2. The molecule has 0 saturated carbocycles. The van der Waals surface area contributed by atoms with Crippen molar-refractivity contribution in [1.29, 1.82) is 0 Å². The second kappa shape index (κ2) is 4.62. The summed E-state index contributed by atoms with van der Waals surface area (Å²) in [5.41, 5.74) is 4.51. The van der Waals surface area contributed by atoms with Gasteiger partial charge in [0.15, 0.2) is 0 Å². The molecule has 3 heteroatoms. The van der Waals surface area contributed by atoms with E-state index in [0.717, 1.165) is 25.9 Å². The van der Waals surface area contributed by atoms with Crippen LogP contribution in [0.4, 0.5) is 0 Å². The molecule has 1 aromatic rings. The van der Waals surface area contributed by atoms with Crippen molar-refractivity contribution in [2.75, 3.05) is 13.1 Å². The summed E-state index contributed by atoms with van der Waals surface area (Å²) >= 11 is 5.53. The van der Waals surface area contributed by atoms with E-state index in [1.54, 1.807) is 0 Å². The molecule has 92 valence electrons. The Morgan fingerprint density at radius 3 is 2.50 bits per heavy atom. The van der Waals surface area contributed by atoms with Crippen LogP contribution in [0.5, 0.6) is 0 Å². The molecule has 18 heavy (non-hydrogen) atoms. The van der Waals surface area contributed by atoms with E-state index in [4.69, 9.17) is 11.6 Å². The largest absolute Gasteiger partial charge is 0.371 e. The van der Waals surface area contributed by atoms with Crippen molar-refractivity contribution < 1.29 is 4.79 Å². The number of rotatable bonds is 2. The van der Waals surface area contributed by atoms with Crippen molar-refractivity contribution in [1.82, 2.24) is 4.90 Å². The van der Waals surface area contributed by atoms with Crippen molar-refractivity contribution >= 4 is 16.8 Å². The number of nitrogens with zero attached hydrogens (tertiary/aromatic N) is 1. The Labute approximate surface area is 112 Å². The van der Waals surface area contributed by atoms with E-state index in [0.29, 0.717) is 5.56 Å². The van der Waals surface area contributed by atoms with Gasteiger partial charge in [0, 0.05) is 24.4 Å². The average Bonchev–Trinajstić information content (AvgIpc) is 2.49. The second-order valence-electron chi connectivity index (χ2n) is 4.69. The molecule has 1 aliphatic carbocycles. The van der Waals surface area contributed by atoms with Gasteiger partial charge in [0.25, 0.3) is 5.24 Å². The maximum absolute atomic E-state index is 11.2. The summed E-state index contributed by atoms with van der Waals surface area (Å²) < 4.78 is 0. The Kier molecular flexibility index (Phi) is 2.96. The molecule has 1 aromatic carbocycles. The molecule has 1 aliphatic heterocycles. The highest BCUT2D eigenvalue weighted by Crippen LogP contribution is 2.22. The molecule has 0 fully saturated rings. The molecule has 0 amide bonds. The van der Waals surface area contributed by atoms with Crippen LogP contribution in [0.2, 0.25) is 0 Å². The summed E-state index contributed by atoms with van der Waals surface area (Å²) in [6, 6.07) is 5.81. The molecular formula is C15H14ClNO.